The van der Waals surface area contributed by atoms with Crippen molar-refractivity contribution in [1.82, 2.24) is 4.98 Å². The minimum atomic E-state index is 0.320. The Morgan fingerprint density at radius 1 is 1.50 bits per heavy atom. The molecule has 2 heteroatoms. The third kappa shape index (κ3) is 2.82. The van der Waals surface area contributed by atoms with E-state index in [2.05, 4.69) is 18.0 Å². The van der Waals surface area contributed by atoms with Gasteiger partial charge in [-0.15, -0.1) is 0 Å². The number of hydrogen-bond acceptors (Lipinski definition) is 2. The van der Waals surface area contributed by atoms with Crippen molar-refractivity contribution in [3.05, 3.63) is 30.1 Å². The Labute approximate surface area is 98.3 Å². The first kappa shape index (κ1) is 11.6. The van der Waals surface area contributed by atoms with Gasteiger partial charge >= 0.3 is 0 Å². The highest BCUT2D eigenvalue weighted by molar-refractivity contribution is 5.10. The van der Waals surface area contributed by atoms with Crippen molar-refractivity contribution in [3.8, 4) is 0 Å². The Balaban J connectivity index is 1.87. The van der Waals surface area contributed by atoms with Gasteiger partial charge in [0.25, 0.3) is 0 Å². The van der Waals surface area contributed by atoms with Gasteiger partial charge in [-0.05, 0) is 42.7 Å². The summed E-state index contributed by atoms with van der Waals surface area (Å²) in [6, 6.07) is 4.44. The van der Waals surface area contributed by atoms with Crippen molar-refractivity contribution in [2.45, 2.75) is 45.1 Å². The molecule has 16 heavy (non-hydrogen) atoms. The highest BCUT2D eigenvalue weighted by Gasteiger charge is 2.27. The number of aromatic nitrogens is 1. The standard InChI is InChI=1S/C14H22N2/c1-2-11-5-6-13(8-11)14(15)9-12-4-3-7-16-10-12/h3-4,7,10-11,13-14H,2,5-6,8-9,15H2,1H3. The number of hydrogen-bond donors (Lipinski definition) is 1. The van der Waals surface area contributed by atoms with Crippen molar-refractivity contribution in [1.29, 1.82) is 0 Å². The smallest absolute Gasteiger partial charge is 0.0300 e. The van der Waals surface area contributed by atoms with E-state index in [0.717, 1.165) is 18.3 Å². The van der Waals surface area contributed by atoms with E-state index < -0.39 is 0 Å². The van der Waals surface area contributed by atoms with Gasteiger partial charge in [0, 0.05) is 18.4 Å². The molecule has 1 aliphatic rings. The summed E-state index contributed by atoms with van der Waals surface area (Å²) in [7, 11) is 0. The van der Waals surface area contributed by atoms with Gasteiger partial charge in [0.2, 0.25) is 0 Å². The van der Waals surface area contributed by atoms with Crippen molar-refractivity contribution >= 4 is 0 Å². The molecular weight excluding hydrogens is 196 g/mol. The molecule has 1 aromatic rings. The Morgan fingerprint density at radius 3 is 3.00 bits per heavy atom. The van der Waals surface area contributed by atoms with Crippen molar-refractivity contribution in [2.24, 2.45) is 17.6 Å². The van der Waals surface area contributed by atoms with Gasteiger partial charge in [0.05, 0.1) is 0 Å². The molecule has 88 valence electrons. The predicted octanol–water partition coefficient (Wildman–Crippen LogP) is 2.78. The summed E-state index contributed by atoms with van der Waals surface area (Å²) in [5.41, 5.74) is 7.57. The molecule has 2 N–H and O–H groups in total. The molecule has 0 aromatic carbocycles. The molecule has 2 rings (SSSR count). The molecule has 1 aromatic heterocycles. The summed E-state index contributed by atoms with van der Waals surface area (Å²) < 4.78 is 0. The van der Waals surface area contributed by atoms with E-state index >= 15 is 0 Å². The fraction of sp³-hybridized carbons (Fsp3) is 0.643. The van der Waals surface area contributed by atoms with Gasteiger partial charge in [-0.25, -0.2) is 0 Å². The molecule has 0 amide bonds. The maximum atomic E-state index is 6.30. The van der Waals surface area contributed by atoms with Crippen LogP contribution in [0.4, 0.5) is 0 Å². The van der Waals surface area contributed by atoms with E-state index in [-0.39, 0.29) is 0 Å². The van der Waals surface area contributed by atoms with Gasteiger partial charge in [0.1, 0.15) is 0 Å². The lowest BCUT2D eigenvalue weighted by molar-refractivity contribution is 0.405. The van der Waals surface area contributed by atoms with E-state index in [4.69, 9.17) is 5.73 Å². The minimum absolute atomic E-state index is 0.320. The Morgan fingerprint density at radius 2 is 2.38 bits per heavy atom. The highest BCUT2D eigenvalue weighted by Crippen LogP contribution is 2.34. The maximum Gasteiger partial charge on any atom is 0.0300 e. The van der Waals surface area contributed by atoms with Crippen LogP contribution in [0, 0.1) is 11.8 Å². The van der Waals surface area contributed by atoms with Crippen LogP contribution in [-0.2, 0) is 6.42 Å². The quantitative estimate of drug-likeness (QED) is 0.844. The molecule has 1 heterocycles. The third-order valence-corrected chi connectivity index (χ3v) is 3.96. The van der Waals surface area contributed by atoms with Crippen molar-refractivity contribution in [2.75, 3.05) is 0 Å². The van der Waals surface area contributed by atoms with E-state index in [0.29, 0.717) is 6.04 Å². The molecule has 0 aliphatic heterocycles. The van der Waals surface area contributed by atoms with E-state index in [1.165, 1.54) is 31.2 Å². The molecule has 0 bridgehead atoms. The highest BCUT2D eigenvalue weighted by atomic mass is 14.7. The summed E-state index contributed by atoms with van der Waals surface area (Å²) in [6.07, 6.45) is 10.1. The molecule has 0 spiro atoms. The van der Waals surface area contributed by atoms with Crippen LogP contribution in [0.15, 0.2) is 24.5 Å². The van der Waals surface area contributed by atoms with Gasteiger partial charge < -0.3 is 5.73 Å². The molecule has 1 fully saturated rings. The lowest BCUT2D eigenvalue weighted by Crippen LogP contribution is -2.30. The zero-order valence-corrected chi connectivity index (χ0v) is 10.1. The summed E-state index contributed by atoms with van der Waals surface area (Å²) in [4.78, 5) is 4.14. The summed E-state index contributed by atoms with van der Waals surface area (Å²) in [5.74, 6) is 1.65. The zero-order valence-electron chi connectivity index (χ0n) is 10.1. The fourth-order valence-electron chi connectivity index (χ4n) is 2.83. The van der Waals surface area contributed by atoms with Gasteiger partial charge in [-0.1, -0.05) is 25.8 Å². The third-order valence-electron chi connectivity index (χ3n) is 3.96. The van der Waals surface area contributed by atoms with Crippen molar-refractivity contribution < 1.29 is 0 Å². The molecule has 1 aliphatic carbocycles. The average molecular weight is 218 g/mol. The molecule has 3 unspecified atom stereocenters. The van der Waals surface area contributed by atoms with Crippen LogP contribution in [0.25, 0.3) is 0 Å². The lowest BCUT2D eigenvalue weighted by atomic mass is 9.92. The molecule has 0 radical (unpaired) electrons. The van der Waals surface area contributed by atoms with Crippen molar-refractivity contribution in [3.63, 3.8) is 0 Å². The average Bonchev–Trinajstić information content (AvgIpc) is 2.79. The molecule has 2 nitrogen and oxygen atoms in total. The first-order valence-electron chi connectivity index (χ1n) is 6.44. The number of nitrogens with zero attached hydrogens (tertiary/aromatic N) is 1. The topological polar surface area (TPSA) is 38.9 Å². The van der Waals surface area contributed by atoms with E-state index in [1.54, 1.807) is 0 Å². The first-order valence-corrected chi connectivity index (χ1v) is 6.44. The van der Waals surface area contributed by atoms with Crippen LogP contribution in [-0.4, -0.2) is 11.0 Å². The van der Waals surface area contributed by atoms with Crippen LogP contribution < -0.4 is 5.73 Å². The van der Waals surface area contributed by atoms with Crippen LogP contribution in [0.2, 0.25) is 0 Å². The van der Waals surface area contributed by atoms with Gasteiger partial charge in [0.15, 0.2) is 0 Å². The summed E-state index contributed by atoms with van der Waals surface area (Å²) >= 11 is 0. The lowest BCUT2D eigenvalue weighted by Gasteiger charge is -2.19. The monoisotopic (exact) mass is 218 g/mol. The van der Waals surface area contributed by atoms with E-state index in [9.17, 15) is 0 Å². The first-order chi connectivity index (χ1) is 7.79. The number of nitrogens with two attached hydrogens (primary N) is 1. The predicted molar refractivity (Wildman–Crippen MR) is 67.0 cm³/mol. The number of rotatable bonds is 4. The maximum absolute atomic E-state index is 6.30. The summed E-state index contributed by atoms with van der Waals surface area (Å²) in [6.45, 7) is 2.29. The van der Waals surface area contributed by atoms with Gasteiger partial charge in [-0.3, -0.25) is 4.98 Å². The van der Waals surface area contributed by atoms with Gasteiger partial charge in [-0.2, -0.15) is 0 Å². The Kier molecular flexibility index (Phi) is 3.94. The molecule has 3 atom stereocenters. The second-order valence-corrected chi connectivity index (χ2v) is 5.08. The SMILES string of the molecule is CCC1CCC(C(N)Cc2cccnc2)C1. The largest absolute Gasteiger partial charge is 0.327 e. The molecular formula is C14H22N2. The molecule has 1 saturated carbocycles. The Bertz CT molecular complexity index is 310. The normalized spacial score (nSPS) is 26.9. The Hall–Kier alpha value is -0.890. The second kappa shape index (κ2) is 5.44. The van der Waals surface area contributed by atoms with Crippen LogP contribution in [0.1, 0.15) is 38.2 Å². The van der Waals surface area contributed by atoms with Crippen LogP contribution in [0.5, 0.6) is 0 Å². The van der Waals surface area contributed by atoms with Crippen LogP contribution >= 0.6 is 0 Å². The summed E-state index contributed by atoms with van der Waals surface area (Å²) in [5, 5.41) is 0. The molecule has 0 saturated heterocycles. The van der Waals surface area contributed by atoms with E-state index in [1.807, 2.05) is 18.5 Å². The number of pyridine rings is 1. The van der Waals surface area contributed by atoms with Crippen LogP contribution in [0.3, 0.4) is 0 Å². The zero-order chi connectivity index (χ0) is 11.4. The fourth-order valence-corrected chi connectivity index (χ4v) is 2.83. The minimum Gasteiger partial charge on any atom is -0.327 e. The second-order valence-electron chi connectivity index (χ2n) is 5.08.